The number of hydrogen-bond acceptors (Lipinski definition) is 3. The Hall–Kier alpha value is -2.10. The zero-order valence-electron chi connectivity index (χ0n) is 7.72. The number of halogens is 1. The van der Waals surface area contributed by atoms with Crippen LogP contribution in [-0.4, -0.2) is 16.3 Å². The Labute approximate surface area is 85.6 Å². The van der Waals surface area contributed by atoms with E-state index in [4.69, 9.17) is 0 Å². The molecule has 0 aliphatic rings. The lowest BCUT2D eigenvalue weighted by Gasteiger charge is -2.00. The van der Waals surface area contributed by atoms with Gasteiger partial charge in [0.15, 0.2) is 12.1 Å². The summed E-state index contributed by atoms with van der Waals surface area (Å²) >= 11 is 0. The molecule has 0 bridgehead atoms. The molecule has 0 atom stereocenters. The average molecular weight is 202 g/mol. The highest BCUT2D eigenvalue weighted by Gasteiger charge is 2.01. The van der Waals surface area contributed by atoms with Crippen molar-refractivity contribution in [2.75, 3.05) is 0 Å². The summed E-state index contributed by atoms with van der Waals surface area (Å²) in [7, 11) is 0. The predicted molar refractivity (Wildman–Crippen MR) is 52.8 cm³/mol. The van der Waals surface area contributed by atoms with Crippen molar-refractivity contribution in [3.63, 3.8) is 0 Å². The fourth-order valence-electron chi connectivity index (χ4n) is 1.21. The lowest BCUT2D eigenvalue weighted by molar-refractivity contribution is 0.111. The highest BCUT2D eigenvalue weighted by Crippen LogP contribution is 2.16. The fraction of sp³-hybridized carbons (Fsp3) is 0. The first-order valence-corrected chi connectivity index (χ1v) is 4.34. The van der Waals surface area contributed by atoms with Crippen LogP contribution in [0.4, 0.5) is 4.39 Å². The van der Waals surface area contributed by atoms with Gasteiger partial charge in [-0.1, -0.05) is 0 Å². The Morgan fingerprint density at radius 3 is 2.53 bits per heavy atom. The van der Waals surface area contributed by atoms with Crippen LogP contribution in [0.25, 0.3) is 11.3 Å². The molecule has 74 valence electrons. The number of rotatable bonds is 2. The number of nitrogens with zero attached hydrogens (tertiary/aromatic N) is 2. The molecule has 0 N–H and O–H groups in total. The SMILES string of the molecule is O=Cc1nccc(-c2ccc(F)cc2)n1. The van der Waals surface area contributed by atoms with Crippen LogP contribution in [0.1, 0.15) is 10.6 Å². The van der Waals surface area contributed by atoms with Crippen molar-refractivity contribution in [3.05, 3.63) is 48.2 Å². The first kappa shape index (κ1) is 9.45. The molecule has 0 spiro atoms. The van der Waals surface area contributed by atoms with Crippen LogP contribution in [0.5, 0.6) is 0 Å². The first-order chi connectivity index (χ1) is 7.29. The van der Waals surface area contributed by atoms with Gasteiger partial charge in [-0.25, -0.2) is 14.4 Å². The van der Waals surface area contributed by atoms with Crippen LogP contribution in [-0.2, 0) is 0 Å². The molecular weight excluding hydrogens is 195 g/mol. The van der Waals surface area contributed by atoms with Crippen molar-refractivity contribution in [3.8, 4) is 11.3 Å². The van der Waals surface area contributed by atoms with Crippen molar-refractivity contribution in [1.29, 1.82) is 0 Å². The van der Waals surface area contributed by atoms with Crippen LogP contribution in [0.15, 0.2) is 36.5 Å². The van der Waals surface area contributed by atoms with E-state index in [1.54, 1.807) is 18.2 Å². The summed E-state index contributed by atoms with van der Waals surface area (Å²) in [6.45, 7) is 0. The Bertz CT molecular complexity index is 482. The predicted octanol–water partition coefficient (Wildman–Crippen LogP) is 2.10. The third kappa shape index (κ3) is 2.04. The summed E-state index contributed by atoms with van der Waals surface area (Å²) in [5.41, 5.74) is 1.36. The molecule has 15 heavy (non-hydrogen) atoms. The average Bonchev–Trinajstić information content (AvgIpc) is 2.30. The van der Waals surface area contributed by atoms with Gasteiger partial charge in [-0.2, -0.15) is 0 Å². The lowest BCUT2D eigenvalue weighted by atomic mass is 10.1. The first-order valence-electron chi connectivity index (χ1n) is 4.34. The largest absolute Gasteiger partial charge is 0.294 e. The van der Waals surface area contributed by atoms with Gasteiger partial charge >= 0.3 is 0 Å². The van der Waals surface area contributed by atoms with E-state index in [0.717, 1.165) is 5.56 Å². The molecule has 0 radical (unpaired) electrons. The van der Waals surface area contributed by atoms with E-state index < -0.39 is 0 Å². The second kappa shape index (κ2) is 3.96. The highest BCUT2D eigenvalue weighted by molar-refractivity contribution is 5.70. The van der Waals surface area contributed by atoms with Crippen LogP contribution in [0, 0.1) is 5.82 Å². The second-order valence-corrected chi connectivity index (χ2v) is 2.92. The van der Waals surface area contributed by atoms with E-state index in [-0.39, 0.29) is 11.6 Å². The Kier molecular flexibility index (Phi) is 2.49. The van der Waals surface area contributed by atoms with Gasteiger partial charge in [0.25, 0.3) is 0 Å². The summed E-state index contributed by atoms with van der Waals surface area (Å²) in [6, 6.07) is 7.56. The number of aldehydes is 1. The molecule has 0 unspecified atom stereocenters. The van der Waals surface area contributed by atoms with Crippen molar-refractivity contribution in [2.45, 2.75) is 0 Å². The molecule has 1 aromatic carbocycles. The maximum Gasteiger partial charge on any atom is 0.193 e. The molecule has 4 heteroatoms. The monoisotopic (exact) mass is 202 g/mol. The molecule has 0 saturated heterocycles. The summed E-state index contributed by atoms with van der Waals surface area (Å²) in [6.07, 6.45) is 2.07. The maximum atomic E-state index is 12.7. The highest BCUT2D eigenvalue weighted by atomic mass is 19.1. The van der Waals surface area contributed by atoms with Gasteiger partial charge in [-0.05, 0) is 30.3 Å². The zero-order valence-corrected chi connectivity index (χ0v) is 7.72. The number of benzene rings is 1. The minimum Gasteiger partial charge on any atom is -0.294 e. The van der Waals surface area contributed by atoms with Crippen LogP contribution in [0.3, 0.4) is 0 Å². The molecular formula is C11H7FN2O. The number of hydrogen-bond donors (Lipinski definition) is 0. The van der Waals surface area contributed by atoms with Gasteiger partial charge in [0.2, 0.25) is 0 Å². The molecule has 1 aromatic heterocycles. The molecule has 0 amide bonds. The second-order valence-electron chi connectivity index (χ2n) is 2.92. The zero-order chi connectivity index (χ0) is 10.7. The third-order valence-corrected chi connectivity index (χ3v) is 1.92. The fourth-order valence-corrected chi connectivity index (χ4v) is 1.21. The Balaban J connectivity index is 2.44. The van der Waals surface area contributed by atoms with Gasteiger partial charge in [-0.3, -0.25) is 4.79 Å². The smallest absolute Gasteiger partial charge is 0.193 e. The quantitative estimate of drug-likeness (QED) is 0.700. The van der Waals surface area contributed by atoms with Crippen molar-refractivity contribution in [1.82, 2.24) is 9.97 Å². The Morgan fingerprint density at radius 2 is 1.87 bits per heavy atom. The normalized spacial score (nSPS) is 9.93. The van der Waals surface area contributed by atoms with Crippen molar-refractivity contribution >= 4 is 6.29 Å². The summed E-state index contributed by atoms with van der Waals surface area (Å²) in [4.78, 5) is 18.2. The minimum atomic E-state index is -0.302. The summed E-state index contributed by atoms with van der Waals surface area (Å²) < 4.78 is 12.7. The molecule has 0 saturated carbocycles. The van der Waals surface area contributed by atoms with Gasteiger partial charge in [-0.15, -0.1) is 0 Å². The number of carbonyl (C=O) groups is 1. The molecule has 1 heterocycles. The molecule has 3 nitrogen and oxygen atoms in total. The van der Waals surface area contributed by atoms with Gasteiger partial charge in [0.05, 0.1) is 5.69 Å². The maximum absolute atomic E-state index is 12.7. The molecule has 0 aliphatic heterocycles. The number of carbonyl (C=O) groups excluding carboxylic acids is 1. The van der Waals surface area contributed by atoms with Crippen LogP contribution >= 0.6 is 0 Å². The van der Waals surface area contributed by atoms with E-state index in [2.05, 4.69) is 9.97 Å². The van der Waals surface area contributed by atoms with E-state index in [9.17, 15) is 9.18 Å². The molecule has 2 aromatic rings. The van der Waals surface area contributed by atoms with Crippen LogP contribution < -0.4 is 0 Å². The van der Waals surface area contributed by atoms with Crippen molar-refractivity contribution in [2.24, 2.45) is 0 Å². The number of aromatic nitrogens is 2. The summed E-state index contributed by atoms with van der Waals surface area (Å²) in [5.74, 6) is -0.180. The lowest BCUT2D eigenvalue weighted by Crippen LogP contribution is -1.93. The molecule has 0 aliphatic carbocycles. The molecule has 2 rings (SSSR count). The van der Waals surface area contributed by atoms with Gasteiger partial charge in [0.1, 0.15) is 5.82 Å². The van der Waals surface area contributed by atoms with Gasteiger partial charge in [0, 0.05) is 11.8 Å². The van der Waals surface area contributed by atoms with Crippen LogP contribution in [0.2, 0.25) is 0 Å². The van der Waals surface area contributed by atoms with E-state index in [1.807, 2.05) is 0 Å². The molecule has 0 fully saturated rings. The van der Waals surface area contributed by atoms with E-state index in [0.29, 0.717) is 12.0 Å². The van der Waals surface area contributed by atoms with Crippen molar-refractivity contribution < 1.29 is 9.18 Å². The van der Waals surface area contributed by atoms with E-state index in [1.165, 1.54) is 18.3 Å². The van der Waals surface area contributed by atoms with Gasteiger partial charge < -0.3 is 0 Å². The third-order valence-electron chi connectivity index (χ3n) is 1.92. The summed E-state index contributed by atoms with van der Waals surface area (Å²) in [5, 5.41) is 0. The minimum absolute atomic E-state index is 0.122. The standard InChI is InChI=1S/C11H7FN2O/c12-9-3-1-8(2-4-9)10-5-6-13-11(7-15)14-10/h1-7H. The Morgan fingerprint density at radius 1 is 1.13 bits per heavy atom. The topological polar surface area (TPSA) is 42.9 Å². The van der Waals surface area contributed by atoms with E-state index >= 15 is 0 Å².